The Morgan fingerprint density at radius 2 is 1.94 bits per heavy atom. The van der Waals surface area contributed by atoms with Crippen LogP contribution in [0, 0.1) is 29.6 Å². The quantitative estimate of drug-likeness (QED) is 0.0906. The highest BCUT2D eigenvalue weighted by molar-refractivity contribution is 5.97. The van der Waals surface area contributed by atoms with Crippen molar-refractivity contribution in [2.75, 3.05) is 41.4 Å². The van der Waals surface area contributed by atoms with Crippen LogP contribution in [0.15, 0.2) is 47.3 Å². The highest BCUT2D eigenvalue weighted by atomic mass is 16.5. The molecule has 1 unspecified atom stereocenters. The zero-order chi connectivity index (χ0) is 38.4. The number of nitrogens with zero attached hydrogens (tertiary/aromatic N) is 2. The molecule has 284 valence electrons. The first-order valence-corrected chi connectivity index (χ1v) is 18.6. The van der Waals surface area contributed by atoms with Crippen LogP contribution in [-0.4, -0.2) is 75.8 Å². The molecule has 1 aromatic heterocycles. The molecule has 8 N–H and O–H groups in total. The van der Waals surface area contributed by atoms with E-state index < -0.39 is 29.5 Å². The topological polar surface area (TPSA) is 212 Å². The van der Waals surface area contributed by atoms with Gasteiger partial charge >= 0.3 is 11.9 Å². The molecule has 0 saturated heterocycles. The number of carboxylic acids is 1. The Hall–Kier alpha value is -5.55. The van der Waals surface area contributed by atoms with Crippen LogP contribution in [0.2, 0.25) is 0 Å². The van der Waals surface area contributed by atoms with E-state index in [1.807, 2.05) is 17.0 Å². The molecule has 0 radical (unpaired) electrons. The van der Waals surface area contributed by atoms with Crippen molar-refractivity contribution in [2.24, 2.45) is 17.3 Å². The number of aromatic nitrogens is 2. The summed E-state index contributed by atoms with van der Waals surface area (Å²) in [5.41, 5.74) is 7.79. The number of nitrogen functional groups attached to an aromatic ring is 1. The number of aliphatic carboxylic acids is 1. The molecule has 7 rings (SSSR count). The number of esters is 1. The largest absolute Gasteiger partial charge is 0.480 e. The molecule has 0 spiro atoms. The standard InChI is InChI=1S/C40H47N7O7/c1-4-40(53)18-16-30-29-11-7-23-19-26(10-12-27(23)28(29)15-17-39(30,40)2)54-32(48)14-13-31(37(51)52)44-35(49)22-5-8-24(9-6-22)42-20-25-21-43-34-33(47(25)3)36(50)46-38(41)45-34/h1,5-6,8-10,12,19,25,28-31,42,53H,7,11,13-18,20-21H2,2-3H3,(H,44,49)(H,51,52)(H4,41,43,45,46,50)/t25-,28+,29+,30-,31?,39-,40-/m0/s1. The van der Waals surface area contributed by atoms with Gasteiger partial charge in [-0.15, -0.1) is 6.42 Å². The number of carbonyl (C=O) groups excluding carboxylic acids is 2. The fraction of sp³-hybridized carbons (Fsp3) is 0.475. The summed E-state index contributed by atoms with van der Waals surface area (Å²) in [5, 5.41) is 30.0. The van der Waals surface area contributed by atoms with Gasteiger partial charge in [-0.1, -0.05) is 18.9 Å². The SMILES string of the molecule is C#C[C@]1(O)CC[C@H]2[C@@H]3CCc4cc(OC(=O)CCC(NC(=O)c5ccc(NC[C@H]6CNc7nc(N)[nH]c(=O)c7N6C)cc5)C(=O)O)ccc4[C@H]3CC[C@@]21C. The van der Waals surface area contributed by atoms with E-state index in [0.29, 0.717) is 54.5 Å². The Kier molecular flexibility index (Phi) is 9.78. The Labute approximate surface area is 313 Å². The predicted octanol–water partition coefficient (Wildman–Crippen LogP) is 3.48. The third-order valence-electron chi connectivity index (χ3n) is 12.6. The van der Waals surface area contributed by atoms with Crippen molar-refractivity contribution < 1.29 is 29.3 Å². The maximum atomic E-state index is 13.0. The first kappa shape index (κ1) is 36.8. The fourth-order valence-electron chi connectivity index (χ4n) is 9.47. The molecule has 2 saturated carbocycles. The number of fused-ring (bicyclic) bond motifs is 6. The molecule has 4 aliphatic rings. The third-order valence-corrected chi connectivity index (χ3v) is 12.6. The lowest BCUT2D eigenvalue weighted by Crippen LogP contribution is -2.50. The van der Waals surface area contributed by atoms with Gasteiger partial charge < -0.3 is 41.5 Å². The molecular formula is C40H47N7O7. The van der Waals surface area contributed by atoms with Crippen LogP contribution in [0.5, 0.6) is 5.75 Å². The highest BCUT2D eigenvalue weighted by Crippen LogP contribution is 2.64. The Bertz CT molecular complexity index is 2060. The number of aliphatic hydroxyl groups is 1. The first-order chi connectivity index (χ1) is 25.8. The van der Waals surface area contributed by atoms with Crippen LogP contribution in [0.1, 0.15) is 79.3 Å². The lowest BCUT2D eigenvalue weighted by atomic mass is 9.53. The summed E-state index contributed by atoms with van der Waals surface area (Å²) < 4.78 is 5.64. The van der Waals surface area contributed by atoms with Gasteiger partial charge in [0, 0.05) is 43.2 Å². The molecule has 1 aliphatic heterocycles. The molecule has 7 atom stereocenters. The Balaban J connectivity index is 0.895. The smallest absolute Gasteiger partial charge is 0.326 e. The molecule has 1 amide bonds. The number of hydrogen-bond donors (Lipinski definition) is 7. The van der Waals surface area contributed by atoms with Crippen LogP contribution in [0.25, 0.3) is 0 Å². The van der Waals surface area contributed by atoms with Gasteiger partial charge in [0.2, 0.25) is 5.95 Å². The van der Waals surface area contributed by atoms with Gasteiger partial charge in [-0.2, -0.15) is 4.98 Å². The number of aryl methyl sites for hydroxylation is 1. The number of anilines is 4. The molecule has 14 nitrogen and oxygen atoms in total. The zero-order valence-corrected chi connectivity index (χ0v) is 30.5. The zero-order valence-electron chi connectivity index (χ0n) is 30.5. The second kappa shape index (κ2) is 14.4. The summed E-state index contributed by atoms with van der Waals surface area (Å²) in [6, 6.07) is 10.9. The molecular weight excluding hydrogens is 690 g/mol. The second-order valence-electron chi connectivity index (χ2n) is 15.4. The number of carbonyl (C=O) groups is 3. The fourth-order valence-corrected chi connectivity index (χ4v) is 9.47. The molecule has 3 aromatic rings. The van der Waals surface area contributed by atoms with Crippen molar-refractivity contribution in [1.82, 2.24) is 15.3 Å². The molecule has 2 aromatic carbocycles. The maximum absolute atomic E-state index is 13.0. The summed E-state index contributed by atoms with van der Waals surface area (Å²) in [6.45, 7) is 3.15. The van der Waals surface area contributed by atoms with Crippen molar-refractivity contribution in [3.05, 3.63) is 69.5 Å². The molecule has 54 heavy (non-hydrogen) atoms. The summed E-state index contributed by atoms with van der Waals surface area (Å²) in [7, 11) is 1.80. The number of ether oxygens (including phenoxy) is 1. The lowest BCUT2D eigenvalue weighted by Gasteiger charge is -2.52. The van der Waals surface area contributed by atoms with Crippen molar-refractivity contribution in [2.45, 2.75) is 81.9 Å². The van der Waals surface area contributed by atoms with Gasteiger partial charge in [-0.3, -0.25) is 19.4 Å². The number of rotatable bonds is 10. The van der Waals surface area contributed by atoms with E-state index in [2.05, 4.69) is 38.8 Å². The van der Waals surface area contributed by atoms with E-state index in [0.717, 1.165) is 43.4 Å². The van der Waals surface area contributed by atoms with E-state index in [9.17, 15) is 29.4 Å². The van der Waals surface area contributed by atoms with Crippen LogP contribution < -0.4 is 36.9 Å². The van der Waals surface area contributed by atoms with E-state index in [1.54, 1.807) is 37.4 Å². The van der Waals surface area contributed by atoms with E-state index in [-0.39, 0.29) is 41.4 Å². The molecule has 3 aliphatic carbocycles. The number of nitrogens with two attached hydrogens (primary N) is 1. The minimum absolute atomic E-state index is 0.0386. The molecule has 2 fully saturated rings. The second-order valence-corrected chi connectivity index (χ2v) is 15.4. The van der Waals surface area contributed by atoms with Gasteiger partial charge in [0.1, 0.15) is 23.1 Å². The monoisotopic (exact) mass is 737 g/mol. The van der Waals surface area contributed by atoms with Gasteiger partial charge in [0.25, 0.3) is 11.5 Å². The van der Waals surface area contributed by atoms with Gasteiger partial charge in [-0.05, 0) is 110 Å². The highest BCUT2D eigenvalue weighted by Gasteiger charge is 2.61. The Morgan fingerprint density at radius 1 is 1.17 bits per heavy atom. The molecule has 2 heterocycles. The number of aromatic amines is 1. The average Bonchev–Trinajstić information content (AvgIpc) is 3.42. The number of benzene rings is 2. The number of likely N-dealkylation sites (N-methyl/N-ethyl adjacent to an activating group) is 1. The van der Waals surface area contributed by atoms with Gasteiger partial charge in [0.15, 0.2) is 5.82 Å². The minimum Gasteiger partial charge on any atom is -0.480 e. The van der Waals surface area contributed by atoms with Crippen LogP contribution >= 0.6 is 0 Å². The van der Waals surface area contributed by atoms with Crippen molar-refractivity contribution >= 4 is 41.0 Å². The van der Waals surface area contributed by atoms with Crippen molar-refractivity contribution in [3.63, 3.8) is 0 Å². The van der Waals surface area contributed by atoms with Gasteiger partial charge in [0.05, 0.1) is 6.04 Å². The predicted molar refractivity (Wildman–Crippen MR) is 203 cm³/mol. The number of carboxylic acid groups (broad SMARTS) is 1. The number of H-pyrrole nitrogens is 1. The maximum Gasteiger partial charge on any atom is 0.326 e. The number of nitrogens with one attached hydrogen (secondary N) is 4. The van der Waals surface area contributed by atoms with E-state index in [1.165, 1.54) is 5.56 Å². The first-order valence-electron chi connectivity index (χ1n) is 18.6. The summed E-state index contributed by atoms with van der Waals surface area (Å²) in [6.07, 6.45) is 10.7. The summed E-state index contributed by atoms with van der Waals surface area (Å²) in [4.78, 5) is 58.8. The number of terminal acetylenes is 1. The summed E-state index contributed by atoms with van der Waals surface area (Å²) >= 11 is 0. The molecule has 14 heteroatoms. The third kappa shape index (κ3) is 6.72. The lowest BCUT2D eigenvalue weighted by molar-refractivity contribution is -0.140. The number of amides is 1. The minimum atomic E-state index is -1.30. The van der Waals surface area contributed by atoms with Crippen LogP contribution in [0.4, 0.5) is 23.1 Å². The normalized spacial score (nSPS) is 27.1. The molecule has 0 bridgehead atoms. The van der Waals surface area contributed by atoms with Crippen molar-refractivity contribution in [3.8, 4) is 18.1 Å². The van der Waals surface area contributed by atoms with Crippen LogP contribution in [-0.2, 0) is 16.0 Å². The number of hydrogen-bond acceptors (Lipinski definition) is 11. The average molecular weight is 738 g/mol. The van der Waals surface area contributed by atoms with Crippen molar-refractivity contribution in [1.29, 1.82) is 0 Å². The van der Waals surface area contributed by atoms with E-state index in [4.69, 9.17) is 16.9 Å². The van der Waals surface area contributed by atoms with Gasteiger partial charge in [-0.25, -0.2) is 4.79 Å². The Morgan fingerprint density at radius 3 is 2.69 bits per heavy atom. The van der Waals surface area contributed by atoms with E-state index >= 15 is 0 Å². The summed E-state index contributed by atoms with van der Waals surface area (Å²) in [5.74, 6) is 2.36. The van der Waals surface area contributed by atoms with Crippen LogP contribution in [0.3, 0.4) is 0 Å².